The number of H-pyrrole nitrogens is 1. The molecule has 1 rings (SSSR count). The SMILES string of the molecule is CCCOc1c[nH]c(C)cc1=O. The van der Waals surface area contributed by atoms with Crippen LogP contribution in [0, 0.1) is 6.92 Å². The fourth-order valence-electron chi connectivity index (χ4n) is 0.885. The normalized spacial score (nSPS) is 9.83. The Morgan fingerprint density at radius 1 is 1.58 bits per heavy atom. The third-order valence-corrected chi connectivity index (χ3v) is 1.48. The van der Waals surface area contributed by atoms with Crippen molar-refractivity contribution in [3.63, 3.8) is 0 Å². The third kappa shape index (κ3) is 2.12. The molecule has 0 amide bonds. The summed E-state index contributed by atoms with van der Waals surface area (Å²) < 4.78 is 5.20. The summed E-state index contributed by atoms with van der Waals surface area (Å²) in [5.41, 5.74) is 0.795. The second-order valence-electron chi connectivity index (χ2n) is 2.69. The second-order valence-corrected chi connectivity index (χ2v) is 2.69. The van der Waals surface area contributed by atoms with Crippen LogP contribution in [0.3, 0.4) is 0 Å². The van der Waals surface area contributed by atoms with Gasteiger partial charge in [0.1, 0.15) is 0 Å². The lowest BCUT2D eigenvalue weighted by Crippen LogP contribution is -2.08. The Bertz CT molecular complexity index is 304. The van der Waals surface area contributed by atoms with Crippen molar-refractivity contribution in [2.75, 3.05) is 6.61 Å². The Hall–Kier alpha value is -1.25. The first-order chi connectivity index (χ1) is 5.74. The molecule has 0 atom stereocenters. The van der Waals surface area contributed by atoms with Crippen molar-refractivity contribution in [3.8, 4) is 5.75 Å². The molecule has 0 aromatic carbocycles. The zero-order valence-corrected chi connectivity index (χ0v) is 7.39. The number of nitrogens with one attached hydrogen (secondary N) is 1. The number of rotatable bonds is 3. The van der Waals surface area contributed by atoms with E-state index in [1.54, 1.807) is 6.20 Å². The summed E-state index contributed by atoms with van der Waals surface area (Å²) in [5, 5.41) is 0. The molecule has 1 aromatic rings. The van der Waals surface area contributed by atoms with Gasteiger partial charge in [-0.15, -0.1) is 0 Å². The van der Waals surface area contributed by atoms with Gasteiger partial charge in [-0.25, -0.2) is 0 Å². The molecule has 3 nitrogen and oxygen atoms in total. The zero-order valence-electron chi connectivity index (χ0n) is 7.39. The van der Waals surface area contributed by atoms with Gasteiger partial charge in [0.15, 0.2) is 5.75 Å². The molecule has 1 aromatic heterocycles. The highest BCUT2D eigenvalue weighted by molar-refractivity contribution is 5.19. The van der Waals surface area contributed by atoms with Crippen LogP contribution in [0.4, 0.5) is 0 Å². The number of aromatic amines is 1. The molecular weight excluding hydrogens is 154 g/mol. The summed E-state index contributed by atoms with van der Waals surface area (Å²) in [6.45, 7) is 4.43. The fourth-order valence-corrected chi connectivity index (χ4v) is 0.885. The quantitative estimate of drug-likeness (QED) is 0.740. The minimum absolute atomic E-state index is 0.0558. The molecule has 0 aliphatic heterocycles. The van der Waals surface area contributed by atoms with Crippen LogP contribution in [-0.2, 0) is 0 Å². The maximum absolute atomic E-state index is 11.2. The lowest BCUT2D eigenvalue weighted by molar-refractivity contribution is 0.313. The van der Waals surface area contributed by atoms with Crippen LogP contribution in [0.5, 0.6) is 5.75 Å². The van der Waals surface area contributed by atoms with E-state index in [0.717, 1.165) is 12.1 Å². The summed E-state index contributed by atoms with van der Waals surface area (Å²) in [6.07, 6.45) is 2.51. The molecule has 0 aliphatic carbocycles. The minimum atomic E-state index is -0.0558. The van der Waals surface area contributed by atoms with E-state index in [4.69, 9.17) is 4.74 Å². The van der Waals surface area contributed by atoms with Crippen LogP contribution >= 0.6 is 0 Å². The molecule has 0 saturated carbocycles. The van der Waals surface area contributed by atoms with Crippen molar-refractivity contribution in [1.82, 2.24) is 4.98 Å². The van der Waals surface area contributed by atoms with E-state index in [-0.39, 0.29) is 5.43 Å². The Morgan fingerprint density at radius 2 is 2.33 bits per heavy atom. The average molecular weight is 167 g/mol. The number of aromatic nitrogens is 1. The highest BCUT2D eigenvalue weighted by atomic mass is 16.5. The number of ether oxygens (including phenoxy) is 1. The van der Waals surface area contributed by atoms with E-state index < -0.39 is 0 Å². The Labute approximate surface area is 71.4 Å². The number of aryl methyl sites for hydroxylation is 1. The largest absolute Gasteiger partial charge is 0.488 e. The van der Waals surface area contributed by atoms with Gasteiger partial charge in [0.25, 0.3) is 0 Å². The van der Waals surface area contributed by atoms with Gasteiger partial charge in [0, 0.05) is 18.0 Å². The fraction of sp³-hybridized carbons (Fsp3) is 0.444. The summed E-state index contributed by atoms with van der Waals surface area (Å²) in [5.74, 6) is 0.405. The van der Waals surface area contributed by atoms with Crippen molar-refractivity contribution in [2.45, 2.75) is 20.3 Å². The summed E-state index contributed by atoms with van der Waals surface area (Å²) in [6, 6.07) is 1.53. The van der Waals surface area contributed by atoms with Crippen LogP contribution in [0.25, 0.3) is 0 Å². The van der Waals surface area contributed by atoms with Crippen molar-refractivity contribution in [3.05, 3.63) is 28.2 Å². The second kappa shape index (κ2) is 3.95. The van der Waals surface area contributed by atoms with Gasteiger partial charge in [0.2, 0.25) is 5.43 Å². The Kier molecular flexibility index (Phi) is 2.91. The molecule has 0 fully saturated rings. The summed E-state index contributed by atoms with van der Waals surface area (Å²) >= 11 is 0. The first-order valence-corrected chi connectivity index (χ1v) is 4.06. The molecule has 0 radical (unpaired) electrons. The molecule has 0 unspecified atom stereocenters. The number of pyridine rings is 1. The van der Waals surface area contributed by atoms with E-state index in [1.165, 1.54) is 6.07 Å². The molecule has 1 heterocycles. The van der Waals surface area contributed by atoms with E-state index in [2.05, 4.69) is 4.98 Å². The van der Waals surface area contributed by atoms with Gasteiger partial charge >= 0.3 is 0 Å². The van der Waals surface area contributed by atoms with E-state index in [0.29, 0.717) is 12.4 Å². The highest BCUT2D eigenvalue weighted by Crippen LogP contribution is 2.01. The van der Waals surface area contributed by atoms with Crippen molar-refractivity contribution < 1.29 is 4.74 Å². The van der Waals surface area contributed by atoms with Gasteiger partial charge in [-0.1, -0.05) is 6.92 Å². The van der Waals surface area contributed by atoms with E-state index >= 15 is 0 Å². The van der Waals surface area contributed by atoms with Crippen molar-refractivity contribution >= 4 is 0 Å². The molecule has 12 heavy (non-hydrogen) atoms. The smallest absolute Gasteiger partial charge is 0.223 e. The van der Waals surface area contributed by atoms with Crippen LogP contribution in [-0.4, -0.2) is 11.6 Å². The molecule has 3 heteroatoms. The van der Waals surface area contributed by atoms with Gasteiger partial charge in [-0.2, -0.15) is 0 Å². The first-order valence-electron chi connectivity index (χ1n) is 4.06. The zero-order chi connectivity index (χ0) is 8.97. The monoisotopic (exact) mass is 167 g/mol. The Balaban J connectivity index is 2.80. The predicted octanol–water partition coefficient (Wildman–Crippen LogP) is 1.47. The summed E-state index contributed by atoms with van der Waals surface area (Å²) in [4.78, 5) is 14.1. The summed E-state index contributed by atoms with van der Waals surface area (Å²) in [7, 11) is 0. The van der Waals surface area contributed by atoms with Gasteiger partial charge in [-0.05, 0) is 13.3 Å². The van der Waals surface area contributed by atoms with Gasteiger partial charge in [-0.3, -0.25) is 4.79 Å². The lowest BCUT2D eigenvalue weighted by Gasteiger charge is -2.02. The topological polar surface area (TPSA) is 42.1 Å². The lowest BCUT2D eigenvalue weighted by atomic mass is 10.3. The first kappa shape index (κ1) is 8.84. The van der Waals surface area contributed by atoms with Crippen LogP contribution in [0.1, 0.15) is 19.0 Å². The number of hydrogen-bond donors (Lipinski definition) is 1. The molecule has 0 bridgehead atoms. The minimum Gasteiger partial charge on any atom is -0.488 e. The standard InChI is InChI=1S/C9H13NO2/c1-3-4-12-9-6-10-7(2)5-8(9)11/h5-6H,3-4H2,1-2H3,(H,10,11). The van der Waals surface area contributed by atoms with Gasteiger partial charge < -0.3 is 9.72 Å². The molecule has 66 valence electrons. The van der Waals surface area contributed by atoms with Crippen LogP contribution in [0.2, 0.25) is 0 Å². The van der Waals surface area contributed by atoms with Gasteiger partial charge in [0.05, 0.1) is 6.61 Å². The Morgan fingerprint density at radius 3 is 2.92 bits per heavy atom. The highest BCUT2D eigenvalue weighted by Gasteiger charge is 1.98. The maximum atomic E-state index is 11.2. The molecule has 0 saturated heterocycles. The van der Waals surface area contributed by atoms with E-state index in [9.17, 15) is 4.79 Å². The molecule has 0 aliphatic rings. The maximum Gasteiger partial charge on any atom is 0.223 e. The molecule has 1 N–H and O–H groups in total. The van der Waals surface area contributed by atoms with Crippen molar-refractivity contribution in [2.24, 2.45) is 0 Å². The number of hydrogen-bond acceptors (Lipinski definition) is 2. The van der Waals surface area contributed by atoms with Crippen molar-refractivity contribution in [1.29, 1.82) is 0 Å². The third-order valence-electron chi connectivity index (χ3n) is 1.48. The molecular formula is C9H13NO2. The average Bonchev–Trinajstić information content (AvgIpc) is 2.03. The molecule has 0 spiro atoms. The van der Waals surface area contributed by atoms with Crippen LogP contribution < -0.4 is 10.2 Å². The van der Waals surface area contributed by atoms with Crippen LogP contribution in [0.15, 0.2) is 17.1 Å². The predicted molar refractivity (Wildman–Crippen MR) is 47.6 cm³/mol. The van der Waals surface area contributed by atoms with E-state index in [1.807, 2.05) is 13.8 Å².